The standard InChI is InChI=1S/C30H39F4NO2S/c1-14(4-7-21-35-27-25(33)23(31)24(32)26(34)28(27)38-21)17-5-6-18-22-19(9-11-30(17,18)3)29(2)10-8-16(36)12-15(29)13-20(22)37/h14-20,22,36-37H,4-13H2,1-3H3/t14?,15-,16+,17+,18-,19-,20+,22-,29-,30+/m0/s1. The van der Waals surface area contributed by atoms with Crippen LogP contribution in [0.4, 0.5) is 17.6 Å². The van der Waals surface area contributed by atoms with E-state index in [2.05, 4.69) is 25.8 Å². The molecule has 2 N–H and O–H groups in total. The van der Waals surface area contributed by atoms with Crippen molar-refractivity contribution < 1.29 is 27.8 Å². The zero-order valence-electron chi connectivity index (χ0n) is 22.5. The monoisotopic (exact) mass is 553 g/mol. The van der Waals surface area contributed by atoms with Crippen LogP contribution >= 0.6 is 11.3 Å². The fourth-order valence-electron chi connectivity index (χ4n) is 9.89. The molecule has 2 aromatic rings. The van der Waals surface area contributed by atoms with Gasteiger partial charge in [0.05, 0.1) is 21.9 Å². The zero-order chi connectivity index (χ0) is 27.1. The van der Waals surface area contributed by atoms with Gasteiger partial charge in [-0.05, 0) is 111 Å². The van der Waals surface area contributed by atoms with Crippen LogP contribution in [0.25, 0.3) is 10.2 Å². The first-order chi connectivity index (χ1) is 18.0. The molecule has 0 amide bonds. The van der Waals surface area contributed by atoms with Crippen molar-refractivity contribution in [3.8, 4) is 0 Å². The van der Waals surface area contributed by atoms with Gasteiger partial charge >= 0.3 is 0 Å². The molecule has 1 aromatic heterocycles. The highest BCUT2D eigenvalue weighted by atomic mass is 32.1. The molecule has 6 rings (SSSR count). The summed E-state index contributed by atoms with van der Waals surface area (Å²) in [5.74, 6) is -3.86. The Morgan fingerprint density at radius 2 is 1.58 bits per heavy atom. The Morgan fingerprint density at radius 1 is 0.895 bits per heavy atom. The summed E-state index contributed by atoms with van der Waals surface area (Å²) in [4.78, 5) is 4.13. The molecule has 0 radical (unpaired) electrons. The van der Waals surface area contributed by atoms with Crippen LogP contribution in [0.15, 0.2) is 0 Å². The van der Waals surface area contributed by atoms with E-state index in [4.69, 9.17) is 0 Å². The van der Waals surface area contributed by atoms with Crippen LogP contribution in [0, 0.1) is 69.6 Å². The van der Waals surface area contributed by atoms with Gasteiger partial charge < -0.3 is 10.2 Å². The van der Waals surface area contributed by atoms with Crippen molar-refractivity contribution in [3.05, 3.63) is 28.3 Å². The number of halogens is 4. The molecule has 1 unspecified atom stereocenters. The summed E-state index contributed by atoms with van der Waals surface area (Å²) < 4.78 is 55.5. The Kier molecular flexibility index (Phi) is 6.67. The van der Waals surface area contributed by atoms with Crippen LogP contribution < -0.4 is 0 Å². The molecule has 0 bridgehead atoms. The first-order valence-electron chi connectivity index (χ1n) is 14.4. The number of aryl methyl sites for hydroxylation is 1. The van der Waals surface area contributed by atoms with Crippen molar-refractivity contribution >= 4 is 21.6 Å². The van der Waals surface area contributed by atoms with Crippen molar-refractivity contribution in [2.75, 3.05) is 0 Å². The second-order valence-electron chi connectivity index (χ2n) is 13.5. The minimum absolute atomic E-state index is 0.136. The van der Waals surface area contributed by atoms with E-state index in [1.165, 1.54) is 0 Å². The van der Waals surface area contributed by atoms with Crippen LogP contribution in [0.2, 0.25) is 0 Å². The fourth-order valence-corrected chi connectivity index (χ4v) is 10.9. The van der Waals surface area contributed by atoms with E-state index >= 15 is 0 Å². The molecule has 4 fully saturated rings. The highest BCUT2D eigenvalue weighted by Gasteiger charge is 2.62. The summed E-state index contributed by atoms with van der Waals surface area (Å²) in [6, 6.07) is 0. The molecule has 38 heavy (non-hydrogen) atoms. The summed E-state index contributed by atoms with van der Waals surface area (Å²) in [6.07, 6.45) is 8.77. The summed E-state index contributed by atoms with van der Waals surface area (Å²) >= 11 is 0.909. The molecule has 10 atom stereocenters. The SMILES string of the molecule is CC(CCc1nc2c(F)c(F)c(F)c(F)c2s1)[C@H]1CC[C@H]2[C@@H]3[C@H](O)C[C@@H]4C[C@H](O)CC[C@]4(C)[C@H]3CC[C@]12C. The Hall–Kier alpha value is -1.25. The number of aromatic nitrogens is 1. The molecule has 210 valence electrons. The predicted octanol–water partition coefficient (Wildman–Crippen LogP) is 7.41. The Morgan fingerprint density at radius 3 is 2.34 bits per heavy atom. The van der Waals surface area contributed by atoms with Crippen LogP contribution in [0.3, 0.4) is 0 Å². The third kappa shape index (κ3) is 3.90. The van der Waals surface area contributed by atoms with E-state index in [9.17, 15) is 27.8 Å². The number of fused-ring (bicyclic) bond motifs is 6. The summed E-state index contributed by atoms with van der Waals surface area (Å²) in [6.45, 7) is 7.09. The second kappa shape index (κ2) is 9.41. The predicted molar refractivity (Wildman–Crippen MR) is 140 cm³/mol. The van der Waals surface area contributed by atoms with E-state index in [-0.39, 0.29) is 27.7 Å². The minimum Gasteiger partial charge on any atom is -0.393 e. The van der Waals surface area contributed by atoms with Gasteiger partial charge in [-0.15, -0.1) is 11.3 Å². The van der Waals surface area contributed by atoms with Crippen molar-refractivity contribution in [2.45, 2.75) is 97.2 Å². The molecular weight excluding hydrogens is 514 g/mol. The molecule has 4 aliphatic carbocycles. The average molecular weight is 554 g/mol. The Balaban J connectivity index is 1.18. The Labute approximate surface area is 226 Å². The largest absolute Gasteiger partial charge is 0.393 e. The van der Waals surface area contributed by atoms with Gasteiger partial charge in [-0.1, -0.05) is 20.8 Å². The molecule has 3 nitrogen and oxygen atoms in total. The molecule has 0 spiro atoms. The van der Waals surface area contributed by atoms with Gasteiger partial charge in [0, 0.05) is 0 Å². The second-order valence-corrected chi connectivity index (χ2v) is 14.6. The lowest BCUT2D eigenvalue weighted by Gasteiger charge is -2.62. The maximum Gasteiger partial charge on any atom is 0.199 e. The third-order valence-corrected chi connectivity index (χ3v) is 13.0. The van der Waals surface area contributed by atoms with Gasteiger partial charge in [-0.2, -0.15) is 0 Å². The van der Waals surface area contributed by atoms with E-state index in [1.807, 2.05) is 0 Å². The van der Waals surface area contributed by atoms with Gasteiger partial charge in [-0.3, -0.25) is 0 Å². The number of nitrogens with zero attached hydrogens (tertiary/aromatic N) is 1. The van der Waals surface area contributed by atoms with Gasteiger partial charge in [0.15, 0.2) is 23.3 Å². The first-order valence-corrected chi connectivity index (χ1v) is 15.2. The lowest BCUT2D eigenvalue weighted by Crippen LogP contribution is -2.58. The van der Waals surface area contributed by atoms with Gasteiger partial charge in [0.2, 0.25) is 0 Å². The highest BCUT2D eigenvalue weighted by Crippen LogP contribution is 2.68. The van der Waals surface area contributed by atoms with E-state index in [1.54, 1.807) is 0 Å². The topological polar surface area (TPSA) is 53.4 Å². The molecule has 1 heterocycles. The molecule has 1 aromatic carbocycles. The number of thiazole rings is 1. The van der Waals surface area contributed by atoms with Crippen molar-refractivity contribution in [2.24, 2.45) is 46.3 Å². The lowest BCUT2D eigenvalue weighted by atomic mass is 9.43. The molecule has 0 saturated heterocycles. The summed E-state index contributed by atoms with van der Waals surface area (Å²) in [7, 11) is 0. The third-order valence-electron chi connectivity index (χ3n) is 11.9. The molecular formula is C30H39F4NO2S. The van der Waals surface area contributed by atoms with Crippen molar-refractivity contribution in [1.29, 1.82) is 0 Å². The normalized spacial score (nSPS) is 41.6. The zero-order valence-corrected chi connectivity index (χ0v) is 23.3. The van der Waals surface area contributed by atoms with Crippen LogP contribution in [-0.4, -0.2) is 27.4 Å². The minimum atomic E-state index is -1.81. The molecule has 4 aliphatic rings. The number of benzene rings is 1. The van der Waals surface area contributed by atoms with E-state index in [0.717, 1.165) is 69.1 Å². The number of aliphatic hydroxyl groups excluding tert-OH is 2. The number of aliphatic hydroxyl groups is 2. The number of hydrogen-bond acceptors (Lipinski definition) is 4. The van der Waals surface area contributed by atoms with Crippen molar-refractivity contribution in [1.82, 2.24) is 4.98 Å². The van der Waals surface area contributed by atoms with Gasteiger partial charge in [-0.25, -0.2) is 22.5 Å². The maximum absolute atomic E-state index is 14.2. The maximum atomic E-state index is 14.2. The quantitative estimate of drug-likeness (QED) is 0.236. The fraction of sp³-hybridized carbons (Fsp3) is 0.767. The molecule has 8 heteroatoms. The highest BCUT2D eigenvalue weighted by molar-refractivity contribution is 7.18. The van der Waals surface area contributed by atoms with E-state index < -0.39 is 28.8 Å². The summed E-state index contributed by atoms with van der Waals surface area (Å²) in [5, 5.41) is 22.2. The van der Waals surface area contributed by atoms with Crippen molar-refractivity contribution in [3.63, 3.8) is 0 Å². The number of rotatable bonds is 4. The van der Waals surface area contributed by atoms with Crippen LogP contribution in [-0.2, 0) is 6.42 Å². The Bertz CT molecular complexity index is 1190. The molecule has 4 saturated carbocycles. The first kappa shape index (κ1) is 26.9. The van der Waals surface area contributed by atoms with Gasteiger partial charge in [0.1, 0.15) is 5.52 Å². The van der Waals surface area contributed by atoms with Crippen LogP contribution in [0.5, 0.6) is 0 Å². The average Bonchev–Trinajstić information content (AvgIpc) is 3.47. The van der Waals surface area contributed by atoms with E-state index in [0.29, 0.717) is 46.9 Å². The smallest absolute Gasteiger partial charge is 0.199 e. The molecule has 0 aliphatic heterocycles. The summed E-state index contributed by atoms with van der Waals surface area (Å²) in [5.41, 5.74) is -0.0878. The lowest BCUT2D eigenvalue weighted by molar-refractivity contribution is -0.174. The van der Waals surface area contributed by atoms with Crippen LogP contribution in [0.1, 0.15) is 83.6 Å². The number of hydrogen-bond donors (Lipinski definition) is 2. The van der Waals surface area contributed by atoms with Gasteiger partial charge in [0.25, 0.3) is 0 Å².